The number of likely N-dealkylation sites (tertiary alicyclic amines) is 2. The quantitative estimate of drug-likeness (QED) is 0.829. The first-order chi connectivity index (χ1) is 11.6. The van der Waals surface area contributed by atoms with Gasteiger partial charge in [-0.1, -0.05) is 0 Å². The Morgan fingerprint density at radius 2 is 2.04 bits per heavy atom. The molecular weight excluding hydrogens is 308 g/mol. The molecule has 0 bridgehead atoms. The van der Waals surface area contributed by atoms with Gasteiger partial charge in [-0.2, -0.15) is 0 Å². The number of rotatable bonds is 2. The molecule has 6 heteroatoms. The first kappa shape index (κ1) is 15.7. The molecule has 3 aliphatic heterocycles. The molecule has 130 valence electrons. The molecule has 0 radical (unpaired) electrons. The van der Waals surface area contributed by atoms with Gasteiger partial charge in [0.15, 0.2) is 0 Å². The summed E-state index contributed by atoms with van der Waals surface area (Å²) in [5.41, 5.74) is 0.593. The lowest BCUT2D eigenvalue weighted by molar-refractivity contribution is -0.138. The molecule has 0 N–H and O–H groups in total. The van der Waals surface area contributed by atoms with Gasteiger partial charge in [-0.15, -0.1) is 0 Å². The van der Waals surface area contributed by atoms with E-state index in [0.29, 0.717) is 24.5 Å². The fraction of sp³-hybridized carbons (Fsp3) is 0.667. The molecule has 2 amide bonds. The van der Waals surface area contributed by atoms with Crippen LogP contribution in [0.4, 0.5) is 0 Å². The van der Waals surface area contributed by atoms with E-state index in [2.05, 4.69) is 0 Å². The van der Waals surface area contributed by atoms with Crippen molar-refractivity contribution in [2.75, 3.05) is 26.2 Å². The molecule has 3 fully saturated rings. The van der Waals surface area contributed by atoms with Crippen LogP contribution >= 0.6 is 0 Å². The van der Waals surface area contributed by atoms with Crippen LogP contribution in [0, 0.1) is 12.8 Å². The number of carbonyl (C=O) groups is 2. The number of aryl methyl sites for hydroxylation is 1. The maximum absolute atomic E-state index is 13.0. The van der Waals surface area contributed by atoms with Gasteiger partial charge >= 0.3 is 0 Å². The minimum Gasteiger partial charge on any atom is -0.469 e. The molecule has 0 aliphatic carbocycles. The van der Waals surface area contributed by atoms with E-state index in [9.17, 15) is 9.59 Å². The molecule has 4 heterocycles. The average molecular weight is 332 g/mol. The van der Waals surface area contributed by atoms with Crippen molar-refractivity contribution in [3.05, 3.63) is 23.7 Å². The van der Waals surface area contributed by atoms with E-state index in [4.69, 9.17) is 9.15 Å². The number of piperidine rings is 1. The summed E-state index contributed by atoms with van der Waals surface area (Å²) in [6.45, 7) is 4.64. The summed E-state index contributed by atoms with van der Waals surface area (Å²) < 4.78 is 11.1. The summed E-state index contributed by atoms with van der Waals surface area (Å²) in [5.74, 6) is 0.617. The van der Waals surface area contributed by atoms with Gasteiger partial charge in [0.2, 0.25) is 5.91 Å². The third kappa shape index (κ3) is 2.62. The van der Waals surface area contributed by atoms with E-state index >= 15 is 0 Å². The third-order valence-corrected chi connectivity index (χ3v) is 5.63. The molecule has 0 spiro atoms. The SMILES string of the molecule is Cc1occc1C(=O)N1C[C@H](C(=O)N2CCCC2)C[C@@H]2OCC[C@@H]21. The van der Waals surface area contributed by atoms with Crippen LogP contribution in [0.2, 0.25) is 0 Å². The van der Waals surface area contributed by atoms with Crippen LogP contribution in [0.1, 0.15) is 41.8 Å². The number of fused-ring (bicyclic) bond motifs is 1. The Bertz CT molecular complexity index is 635. The lowest BCUT2D eigenvalue weighted by Gasteiger charge is -2.41. The summed E-state index contributed by atoms with van der Waals surface area (Å²) in [6.07, 6.45) is 5.26. The van der Waals surface area contributed by atoms with Crippen molar-refractivity contribution in [3.63, 3.8) is 0 Å². The zero-order chi connectivity index (χ0) is 16.7. The lowest BCUT2D eigenvalue weighted by Crippen LogP contribution is -2.55. The monoisotopic (exact) mass is 332 g/mol. The van der Waals surface area contributed by atoms with Gasteiger partial charge in [0.25, 0.3) is 5.91 Å². The van der Waals surface area contributed by atoms with Crippen molar-refractivity contribution in [1.82, 2.24) is 9.80 Å². The van der Waals surface area contributed by atoms with Crippen LogP contribution in [0.25, 0.3) is 0 Å². The van der Waals surface area contributed by atoms with Crippen molar-refractivity contribution in [2.24, 2.45) is 5.92 Å². The van der Waals surface area contributed by atoms with Crippen molar-refractivity contribution in [2.45, 2.75) is 44.8 Å². The van der Waals surface area contributed by atoms with Gasteiger partial charge in [-0.25, -0.2) is 0 Å². The Kier molecular flexibility index (Phi) is 4.08. The Labute approximate surface area is 141 Å². The Morgan fingerprint density at radius 3 is 2.75 bits per heavy atom. The molecule has 3 atom stereocenters. The molecule has 1 aromatic heterocycles. The number of hydrogen-bond donors (Lipinski definition) is 0. The van der Waals surface area contributed by atoms with Gasteiger partial charge in [0.1, 0.15) is 5.76 Å². The maximum Gasteiger partial charge on any atom is 0.257 e. The molecule has 24 heavy (non-hydrogen) atoms. The second-order valence-corrected chi connectivity index (χ2v) is 7.08. The van der Waals surface area contributed by atoms with Crippen molar-refractivity contribution in [1.29, 1.82) is 0 Å². The highest BCUT2D eigenvalue weighted by Gasteiger charge is 2.45. The predicted octanol–water partition coefficient (Wildman–Crippen LogP) is 1.83. The second kappa shape index (κ2) is 6.24. The predicted molar refractivity (Wildman–Crippen MR) is 86.5 cm³/mol. The number of nitrogens with zero attached hydrogens (tertiary/aromatic N) is 2. The number of hydrogen-bond acceptors (Lipinski definition) is 4. The standard InChI is InChI=1S/C18H24N2O4/c1-12-14(4-8-23-12)18(22)20-11-13(10-16-15(20)5-9-24-16)17(21)19-6-2-3-7-19/h4,8,13,15-16H,2-3,5-7,9-11H2,1H3/t13-,15+,16+/m1/s1. The molecule has 6 nitrogen and oxygen atoms in total. The summed E-state index contributed by atoms with van der Waals surface area (Å²) in [4.78, 5) is 29.6. The topological polar surface area (TPSA) is 63.0 Å². The zero-order valence-electron chi connectivity index (χ0n) is 14.1. The van der Waals surface area contributed by atoms with E-state index in [-0.39, 0.29) is 29.9 Å². The number of ether oxygens (including phenoxy) is 1. The zero-order valence-corrected chi connectivity index (χ0v) is 14.1. The van der Waals surface area contributed by atoms with Gasteiger partial charge in [0.05, 0.1) is 29.9 Å². The molecule has 0 aromatic carbocycles. The summed E-state index contributed by atoms with van der Waals surface area (Å²) in [5, 5.41) is 0. The van der Waals surface area contributed by atoms with Crippen LogP contribution in [0.15, 0.2) is 16.7 Å². The highest BCUT2D eigenvalue weighted by molar-refractivity contribution is 5.96. The van der Waals surface area contributed by atoms with E-state index in [1.165, 1.54) is 0 Å². The summed E-state index contributed by atoms with van der Waals surface area (Å²) in [6, 6.07) is 1.79. The average Bonchev–Trinajstić information content (AvgIpc) is 3.33. The van der Waals surface area contributed by atoms with Crippen LogP contribution in [0.3, 0.4) is 0 Å². The maximum atomic E-state index is 13.0. The van der Waals surface area contributed by atoms with Gasteiger partial charge < -0.3 is 19.0 Å². The van der Waals surface area contributed by atoms with Crippen LogP contribution < -0.4 is 0 Å². The minimum atomic E-state index is -0.154. The summed E-state index contributed by atoms with van der Waals surface area (Å²) in [7, 11) is 0. The largest absolute Gasteiger partial charge is 0.469 e. The number of furan rings is 1. The van der Waals surface area contributed by atoms with Crippen molar-refractivity contribution < 1.29 is 18.7 Å². The first-order valence-corrected chi connectivity index (χ1v) is 8.90. The van der Waals surface area contributed by atoms with E-state index < -0.39 is 0 Å². The van der Waals surface area contributed by atoms with Crippen molar-refractivity contribution in [3.8, 4) is 0 Å². The molecule has 3 saturated heterocycles. The van der Waals surface area contributed by atoms with E-state index in [0.717, 1.165) is 38.8 Å². The fourth-order valence-electron chi connectivity index (χ4n) is 4.32. The van der Waals surface area contributed by atoms with Crippen LogP contribution in [-0.2, 0) is 9.53 Å². The molecule has 4 rings (SSSR count). The van der Waals surface area contributed by atoms with Gasteiger partial charge in [0, 0.05) is 26.2 Å². The third-order valence-electron chi connectivity index (χ3n) is 5.63. The minimum absolute atomic E-state index is 0.0218. The van der Waals surface area contributed by atoms with Crippen molar-refractivity contribution >= 4 is 11.8 Å². The highest BCUT2D eigenvalue weighted by atomic mass is 16.5. The van der Waals surface area contributed by atoms with E-state index in [1.807, 2.05) is 9.80 Å². The Morgan fingerprint density at radius 1 is 1.25 bits per heavy atom. The highest BCUT2D eigenvalue weighted by Crippen LogP contribution is 2.34. The molecule has 0 unspecified atom stereocenters. The Hall–Kier alpha value is -1.82. The summed E-state index contributed by atoms with van der Waals surface area (Å²) >= 11 is 0. The smallest absolute Gasteiger partial charge is 0.257 e. The second-order valence-electron chi connectivity index (χ2n) is 7.08. The Balaban J connectivity index is 1.56. The van der Waals surface area contributed by atoms with Gasteiger partial charge in [-0.05, 0) is 38.7 Å². The van der Waals surface area contributed by atoms with Crippen LogP contribution in [0.5, 0.6) is 0 Å². The normalized spacial score (nSPS) is 29.8. The fourth-order valence-corrected chi connectivity index (χ4v) is 4.32. The molecule has 1 aromatic rings. The number of amides is 2. The molecule has 3 aliphatic rings. The first-order valence-electron chi connectivity index (χ1n) is 8.90. The lowest BCUT2D eigenvalue weighted by atomic mass is 9.88. The van der Waals surface area contributed by atoms with Gasteiger partial charge in [-0.3, -0.25) is 9.59 Å². The van der Waals surface area contributed by atoms with E-state index in [1.54, 1.807) is 19.3 Å². The number of carbonyl (C=O) groups excluding carboxylic acids is 2. The molecular formula is C18H24N2O4. The molecule has 0 saturated carbocycles. The van der Waals surface area contributed by atoms with Crippen LogP contribution in [-0.4, -0.2) is 60.0 Å².